The Hall–Kier alpha value is -0.170. The minimum Gasteiger partial charge on any atom is -0.396 e. The van der Waals surface area contributed by atoms with Gasteiger partial charge in [0.15, 0.2) is 0 Å². The molecule has 0 aromatic rings. The molecule has 0 amide bonds. The van der Waals surface area contributed by atoms with Crippen LogP contribution >= 0.6 is 0 Å². The third-order valence-electron chi connectivity index (χ3n) is 3.72. The normalized spacial score (nSPS) is 19.8. The Kier molecular flexibility index (Phi) is 6.73. The Labute approximate surface area is 116 Å². The van der Waals surface area contributed by atoms with Gasteiger partial charge in [-0.25, -0.2) is 13.1 Å². The average molecular weight is 293 g/mol. The monoisotopic (exact) mass is 293 g/mol. The van der Waals surface area contributed by atoms with Crippen LogP contribution in [0.25, 0.3) is 0 Å². The first-order chi connectivity index (χ1) is 8.89. The molecule has 1 saturated carbocycles. The molecule has 0 aliphatic heterocycles. The van der Waals surface area contributed by atoms with Crippen molar-refractivity contribution in [1.29, 1.82) is 0 Å². The van der Waals surface area contributed by atoms with Gasteiger partial charge in [0, 0.05) is 18.6 Å². The summed E-state index contributed by atoms with van der Waals surface area (Å²) in [5.41, 5.74) is -0.260. The van der Waals surface area contributed by atoms with E-state index in [-0.39, 0.29) is 30.5 Å². The van der Waals surface area contributed by atoms with Gasteiger partial charge >= 0.3 is 0 Å². The molecule has 1 rings (SSSR count). The quantitative estimate of drug-likeness (QED) is 0.707. The molecular formula is C13H27NO4S. The SMILES string of the molecule is CC(C)OCCS(=O)(=O)NCC1(CO)CCCCC1. The number of aliphatic hydroxyl groups is 1. The van der Waals surface area contributed by atoms with E-state index in [4.69, 9.17) is 4.74 Å². The summed E-state index contributed by atoms with van der Waals surface area (Å²) in [5, 5.41) is 9.53. The first-order valence-corrected chi connectivity index (χ1v) is 8.74. The van der Waals surface area contributed by atoms with Crippen LogP contribution in [0.15, 0.2) is 0 Å². The average Bonchev–Trinajstić information content (AvgIpc) is 2.37. The standard InChI is InChI=1S/C13H27NO4S/c1-12(2)18-8-9-19(16,17)14-10-13(11-15)6-4-3-5-7-13/h12,14-15H,3-11H2,1-2H3. The first-order valence-electron chi connectivity index (χ1n) is 7.09. The van der Waals surface area contributed by atoms with Crippen molar-refractivity contribution in [3.63, 3.8) is 0 Å². The molecule has 5 nitrogen and oxygen atoms in total. The molecule has 0 bridgehead atoms. The molecule has 0 saturated heterocycles. The van der Waals surface area contributed by atoms with Crippen LogP contribution in [0.1, 0.15) is 46.0 Å². The fourth-order valence-electron chi connectivity index (χ4n) is 2.42. The molecule has 0 heterocycles. The van der Waals surface area contributed by atoms with E-state index in [1.165, 1.54) is 6.42 Å². The van der Waals surface area contributed by atoms with Gasteiger partial charge in [-0.15, -0.1) is 0 Å². The lowest BCUT2D eigenvalue weighted by molar-refractivity contribution is 0.0854. The Morgan fingerprint density at radius 2 is 1.89 bits per heavy atom. The highest BCUT2D eigenvalue weighted by molar-refractivity contribution is 7.89. The number of nitrogens with one attached hydrogen (secondary N) is 1. The zero-order valence-electron chi connectivity index (χ0n) is 12.0. The molecule has 0 radical (unpaired) electrons. The minimum atomic E-state index is -3.31. The number of rotatable bonds is 8. The lowest BCUT2D eigenvalue weighted by Crippen LogP contribution is -2.42. The van der Waals surface area contributed by atoms with Gasteiger partial charge in [0.05, 0.1) is 18.5 Å². The molecule has 0 aromatic carbocycles. The molecule has 19 heavy (non-hydrogen) atoms. The number of hydrogen-bond acceptors (Lipinski definition) is 4. The van der Waals surface area contributed by atoms with Crippen LogP contribution in [-0.2, 0) is 14.8 Å². The lowest BCUT2D eigenvalue weighted by Gasteiger charge is -2.35. The topological polar surface area (TPSA) is 75.6 Å². The fourth-order valence-corrected chi connectivity index (χ4v) is 3.41. The third kappa shape index (κ3) is 6.21. The van der Waals surface area contributed by atoms with E-state index in [9.17, 15) is 13.5 Å². The van der Waals surface area contributed by atoms with Gasteiger partial charge in [-0.05, 0) is 26.7 Å². The predicted octanol–water partition coefficient (Wildman–Crippen LogP) is 1.27. The lowest BCUT2D eigenvalue weighted by atomic mass is 9.75. The molecule has 0 spiro atoms. The van der Waals surface area contributed by atoms with Crippen LogP contribution in [-0.4, -0.2) is 45.1 Å². The van der Waals surface area contributed by atoms with Gasteiger partial charge in [0.2, 0.25) is 10.0 Å². The Morgan fingerprint density at radius 1 is 1.26 bits per heavy atom. The van der Waals surface area contributed by atoms with Crippen LogP contribution < -0.4 is 4.72 Å². The highest BCUT2D eigenvalue weighted by atomic mass is 32.2. The van der Waals surface area contributed by atoms with Crippen molar-refractivity contribution >= 4 is 10.0 Å². The molecular weight excluding hydrogens is 266 g/mol. The predicted molar refractivity (Wildman–Crippen MR) is 75.5 cm³/mol. The van der Waals surface area contributed by atoms with Crippen LogP contribution in [0.3, 0.4) is 0 Å². The Bertz CT molecular complexity index is 348. The van der Waals surface area contributed by atoms with E-state index in [0.717, 1.165) is 25.7 Å². The summed E-state index contributed by atoms with van der Waals surface area (Å²) in [4.78, 5) is 0. The summed E-state index contributed by atoms with van der Waals surface area (Å²) in [6.45, 7) is 4.36. The van der Waals surface area contributed by atoms with Gasteiger partial charge in [-0.3, -0.25) is 0 Å². The van der Waals surface area contributed by atoms with Crippen molar-refractivity contribution in [2.45, 2.75) is 52.1 Å². The molecule has 0 unspecified atom stereocenters. The number of hydrogen-bond donors (Lipinski definition) is 2. The second-order valence-corrected chi connectivity index (χ2v) is 7.70. The van der Waals surface area contributed by atoms with Crippen LogP contribution in [0.4, 0.5) is 0 Å². The van der Waals surface area contributed by atoms with Crippen molar-refractivity contribution in [3.05, 3.63) is 0 Å². The van der Waals surface area contributed by atoms with E-state index in [1.807, 2.05) is 13.8 Å². The van der Waals surface area contributed by atoms with Gasteiger partial charge in [-0.2, -0.15) is 0 Å². The van der Waals surface area contributed by atoms with Crippen LogP contribution in [0, 0.1) is 5.41 Å². The molecule has 0 atom stereocenters. The minimum absolute atomic E-state index is 0.0211. The van der Waals surface area contributed by atoms with E-state index in [0.29, 0.717) is 6.54 Å². The van der Waals surface area contributed by atoms with Crippen molar-refractivity contribution in [1.82, 2.24) is 4.72 Å². The van der Waals surface area contributed by atoms with Gasteiger partial charge in [0.25, 0.3) is 0 Å². The Morgan fingerprint density at radius 3 is 2.42 bits per heavy atom. The molecule has 2 N–H and O–H groups in total. The third-order valence-corrected chi connectivity index (χ3v) is 5.01. The largest absolute Gasteiger partial charge is 0.396 e. The summed E-state index contributed by atoms with van der Waals surface area (Å²) in [6, 6.07) is 0. The fraction of sp³-hybridized carbons (Fsp3) is 1.00. The number of aliphatic hydroxyl groups excluding tert-OH is 1. The molecule has 1 aliphatic rings. The van der Waals surface area contributed by atoms with E-state index >= 15 is 0 Å². The van der Waals surface area contributed by atoms with E-state index < -0.39 is 10.0 Å². The maximum Gasteiger partial charge on any atom is 0.213 e. The Balaban J connectivity index is 2.40. The van der Waals surface area contributed by atoms with Crippen molar-refractivity contribution in [2.24, 2.45) is 5.41 Å². The van der Waals surface area contributed by atoms with E-state index in [2.05, 4.69) is 4.72 Å². The summed E-state index contributed by atoms with van der Waals surface area (Å²) < 4.78 is 31.6. The maximum atomic E-state index is 11.8. The second-order valence-electron chi connectivity index (χ2n) is 5.78. The van der Waals surface area contributed by atoms with Gasteiger partial charge in [-0.1, -0.05) is 19.3 Å². The summed E-state index contributed by atoms with van der Waals surface area (Å²) in [7, 11) is -3.31. The summed E-state index contributed by atoms with van der Waals surface area (Å²) >= 11 is 0. The maximum absolute atomic E-state index is 11.8. The van der Waals surface area contributed by atoms with Crippen molar-refractivity contribution in [2.75, 3.05) is 25.5 Å². The van der Waals surface area contributed by atoms with Crippen molar-refractivity contribution in [3.8, 4) is 0 Å². The molecule has 0 aromatic heterocycles. The van der Waals surface area contributed by atoms with Crippen LogP contribution in [0.5, 0.6) is 0 Å². The van der Waals surface area contributed by atoms with Gasteiger partial charge < -0.3 is 9.84 Å². The molecule has 114 valence electrons. The number of sulfonamides is 1. The molecule has 1 aliphatic carbocycles. The second kappa shape index (κ2) is 7.57. The summed E-state index contributed by atoms with van der Waals surface area (Å²) in [6.07, 6.45) is 5.15. The summed E-state index contributed by atoms with van der Waals surface area (Å²) in [5.74, 6) is -0.0211. The van der Waals surface area contributed by atoms with Crippen molar-refractivity contribution < 1.29 is 18.3 Å². The zero-order valence-corrected chi connectivity index (χ0v) is 12.8. The molecule has 1 fully saturated rings. The highest BCUT2D eigenvalue weighted by Crippen LogP contribution is 2.35. The highest BCUT2D eigenvalue weighted by Gasteiger charge is 2.32. The van der Waals surface area contributed by atoms with E-state index in [1.54, 1.807) is 0 Å². The zero-order chi connectivity index (χ0) is 14.4. The number of ether oxygens (including phenoxy) is 1. The molecule has 6 heteroatoms. The first kappa shape index (κ1) is 16.9. The van der Waals surface area contributed by atoms with Crippen LogP contribution in [0.2, 0.25) is 0 Å². The smallest absolute Gasteiger partial charge is 0.213 e. The van der Waals surface area contributed by atoms with Gasteiger partial charge in [0.1, 0.15) is 0 Å².